The fourth-order valence-electron chi connectivity index (χ4n) is 4.27. The molecule has 3 aromatic carbocycles. The van der Waals surface area contributed by atoms with Gasteiger partial charge < -0.3 is 19.5 Å². The van der Waals surface area contributed by atoms with Gasteiger partial charge in [-0.15, -0.1) is 0 Å². The second-order valence-corrected chi connectivity index (χ2v) is 11.0. The second kappa shape index (κ2) is 10.2. The quantitative estimate of drug-likeness (QED) is 0.328. The number of nitrogens with one attached hydrogen (secondary N) is 2. The van der Waals surface area contributed by atoms with Crippen LogP contribution in [0, 0.1) is 0 Å². The summed E-state index contributed by atoms with van der Waals surface area (Å²) in [6.07, 6.45) is 2.38. The minimum Gasteiger partial charge on any atom is -0.497 e. The lowest BCUT2D eigenvalue weighted by Crippen LogP contribution is -2.43. The molecule has 0 unspecified atom stereocenters. The van der Waals surface area contributed by atoms with Gasteiger partial charge in [0, 0.05) is 40.2 Å². The number of anilines is 1. The van der Waals surface area contributed by atoms with Crippen molar-refractivity contribution < 1.29 is 27.4 Å². The van der Waals surface area contributed by atoms with Gasteiger partial charge in [-0.05, 0) is 74.4 Å². The Kier molecular flexibility index (Phi) is 7.18. The topological polar surface area (TPSA) is 103 Å². The van der Waals surface area contributed by atoms with Gasteiger partial charge >= 0.3 is 0 Å². The smallest absolute Gasteiger partial charge is 0.265 e. The summed E-state index contributed by atoms with van der Waals surface area (Å²) in [5.74, 6) is 1.07. The second-order valence-electron chi connectivity index (χ2n) is 9.33. The zero-order chi connectivity index (χ0) is 26.8. The van der Waals surface area contributed by atoms with Crippen molar-refractivity contribution in [2.45, 2.75) is 30.7 Å². The van der Waals surface area contributed by atoms with E-state index in [0.29, 0.717) is 28.4 Å². The Morgan fingerprint density at radius 3 is 2.22 bits per heavy atom. The van der Waals surface area contributed by atoms with Gasteiger partial charge in [-0.3, -0.25) is 9.52 Å². The maximum Gasteiger partial charge on any atom is 0.265 e. The number of carbonyl (C=O) groups excluding carboxylic acids is 1. The van der Waals surface area contributed by atoms with E-state index in [1.165, 1.54) is 26.4 Å². The molecule has 3 aromatic rings. The first kappa shape index (κ1) is 26.1. The molecular formula is C28H30N2O6S. The molecule has 1 aliphatic heterocycles. The number of allylic oxidation sites excluding steroid dienone is 1. The fraction of sp³-hybridized carbons (Fsp3) is 0.250. The molecule has 0 spiro atoms. The molecule has 8 nitrogen and oxygen atoms in total. The molecule has 0 amide bonds. The first-order chi connectivity index (χ1) is 17.5. The first-order valence-electron chi connectivity index (χ1n) is 11.6. The molecule has 0 fully saturated rings. The summed E-state index contributed by atoms with van der Waals surface area (Å²) in [5, 5.41) is 3.45. The van der Waals surface area contributed by atoms with Crippen LogP contribution in [0.5, 0.6) is 17.2 Å². The monoisotopic (exact) mass is 522 g/mol. The minimum atomic E-state index is -3.97. The molecule has 1 heterocycles. The fourth-order valence-corrected chi connectivity index (χ4v) is 5.52. The van der Waals surface area contributed by atoms with Crippen LogP contribution < -0.4 is 24.2 Å². The van der Waals surface area contributed by atoms with Gasteiger partial charge in [0.1, 0.15) is 22.1 Å². The van der Waals surface area contributed by atoms with E-state index >= 15 is 0 Å². The van der Waals surface area contributed by atoms with Gasteiger partial charge in [0.15, 0.2) is 5.78 Å². The molecule has 0 saturated heterocycles. The third-order valence-electron chi connectivity index (χ3n) is 6.07. The van der Waals surface area contributed by atoms with E-state index in [1.54, 1.807) is 43.5 Å². The van der Waals surface area contributed by atoms with Gasteiger partial charge in [0.05, 0.1) is 21.3 Å². The number of ether oxygens (including phenoxy) is 3. The molecule has 0 bridgehead atoms. The molecule has 4 rings (SSSR count). The van der Waals surface area contributed by atoms with Crippen molar-refractivity contribution >= 4 is 27.2 Å². The number of carbonyl (C=O) groups is 1. The Hall–Kier alpha value is -3.98. The number of rotatable bonds is 8. The molecule has 0 aromatic heterocycles. The van der Waals surface area contributed by atoms with Gasteiger partial charge in [-0.25, -0.2) is 8.42 Å². The van der Waals surface area contributed by atoms with Crippen LogP contribution in [-0.2, 0) is 16.4 Å². The largest absolute Gasteiger partial charge is 0.497 e. The van der Waals surface area contributed by atoms with Crippen LogP contribution in [0.3, 0.4) is 0 Å². The molecule has 194 valence electrons. The summed E-state index contributed by atoms with van der Waals surface area (Å²) in [6, 6.07) is 16.6. The highest BCUT2D eigenvalue weighted by molar-refractivity contribution is 7.92. The molecule has 1 aliphatic rings. The summed E-state index contributed by atoms with van der Waals surface area (Å²) >= 11 is 0. The Morgan fingerprint density at radius 2 is 1.57 bits per heavy atom. The highest BCUT2D eigenvalue weighted by Crippen LogP contribution is 2.33. The summed E-state index contributed by atoms with van der Waals surface area (Å²) in [5.41, 5.74) is 3.26. The summed E-state index contributed by atoms with van der Waals surface area (Å²) in [6.45, 7) is 4.16. The van der Waals surface area contributed by atoms with Gasteiger partial charge in [0.25, 0.3) is 10.0 Å². The predicted octanol–water partition coefficient (Wildman–Crippen LogP) is 4.66. The van der Waals surface area contributed by atoms with Crippen LogP contribution in [0.2, 0.25) is 0 Å². The summed E-state index contributed by atoms with van der Waals surface area (Å²) in [4.78, 5) is 13.1. The predicted molar refractivity (Wildman–Crippen MR) is 143 cm³/mol. The Labute approximate surface area is 217 Å². The van der Waals surface area contributed by atoms with Gasteiger partial charge in [0.2, 0.25) is 0 Å². The number of hydrogen-bond donors (Lipinski definition) is 2. The lowest BCUT2D eigenvalue weighted by Gasteiger charge is -2.35. The van der Waals surface area contributed by atoms with Gasteiger partial charge in [-0.2, -0.15) is 0 Å². The van der Waals surface area contributed by atoms with Crippen molar-refractivity contribution in [2.75, 3.05) is 26.1 Å². The maximum atomic E-state index is 13.1. The van der Waals surface area contributed by atoms with Gasteiger partial charge in [-0.1, -0.05) is 6.07 Å². The molecule has 37 heavy (non-hydrogen) atoms. The maximum absolute atomic E-state index is 13.1. The average Bonchev–Trinajstić information content (AvgIpc) is 2.87. The lowest BCUT2D eigenvalue weighted by molar-refractivity contribution is 0.104. The van der Waals surface area contributed by atoms with E-state index in [2.05, 4.69) is 23.9 Å². The highest BCUT2D eigenvalue weighted by atomic mass is 32.2. The van der Waals surface area contributed by atoms with Crippen LogP contribution in [0.4, 0.5) is 5.69 Å². The molecule has 9 heteroatoms. The van der Waals surface area contributed by atoms with E-state index in [1.807, 2.05) is 18.2 Å². The van der Waals surface area contributed by atoms with E-state index < -0.39 is 10.0 Å². The standard InChI is InChI=1S/C28H30N2O6S/c1-28(2)17-19-8-11-21(34-3)14-23(19)24(29-28)16-25(31)18-6-9-20(10-7-18)30-37(32,33)27-15-22(35-4)12-13-26(27)36-5/h6-16,29-30H,17H2,1-5H3. The zero-order valence-electron chi connectivity index (χ0n) is 21.4. The van der Waals surface area contributed by atoms with E-state index in [-0.39, 0.29) is 22.0 Å². The number of sulfonamides is 1. The molecule has 0 saturated carbocycles. The SMILES string of the molecule is COc1ccc2c(c1)C(=CC(=O)c1ccc(NS(=O)(=O)c3cc(OC)ccc3OC)cc1)NC(C)(C)C2. The highest BCUT2D eigenvalue weighted by Gasteiger charge is 2.28. The van der Waals surface area contributed by atoms with Crippen LogP contribution in [0.15, 0.2) is 71.6 Å². The number of benzene rings is 3. The van der Waals surface area contributed by atoms with Crippen LogP contribution in [0.25, 0.3) is 5.70 Å². The Bertz CT molecular complexity index is 1460. The van der Waals surface area contributed by atoms with E-state index in [0.717, 1.165) is 17.5 Å². The van der Waals surface area contributed by atoms with Crippen LogP contribution >= 0.6 is 0 Å². The molecular weight excluding hydrogens is 492 g/mol. The van der Waals surface area contributed by atoms with E-state index in [4.69, 9.17) is 14.2 Å². The third-order valence-corrected chi connectivity index (χ3v) is 7.47. The Balaban J connectivity index is 1.59. The number of methoxy groups -OCH3 is 3. The molecule has 0 atom stereocenters. The zero-order valence-corrected chi connectivity index (χ0v) is 22.2. The van der Waals surface area contributed by atoms with Crippen molar-refractivity contribution in [3.05, 3.63) is 83.4 Å². The van der Waals surface area contributed by atoms with Crippen molar-refractivity contribution in [3.8, 4) is 17.2 Å². The van der Waals surface area contributed by atoms with Crippen molar-refractivity contribution in [2.24, 2.45) is 0 Å². The lowest BCUT2D eigenvalue weighted by atomic mass is 9.85. The molecule has 0 aliphatic carbocycles. The summed E-state index contributed by atoms with van der Waals surface area (Å²) < 4.78 is 44.3. The first-order valence-corrected chi connectivity index (χ1v) is 13.1. The number of ketones is 1. The van der Waals surface area contributed by atoms with Crippen LogP contribution in [0.1, 0.15) is 35.3 Å². The van der Waals surface area contributed by atoms with Crippen LogP contribution in [-0.4, -0.2) is 41.1 Å². The van der Waals surface area contributed by atoms with Crippen molar-refractivity contribution in [1.29, 1.82) is 0 Å². The normalized spacial score (nSPS) is 15.3. The Morgan fingerprint density at radius 1 is 0.919 bits per heavy atom. The minimum absolute atomic E-state index is 0.0562. The molecule has 2 N–H and O–H groups in total. The summed E-state index contributed by atoms with van der Waals surface area (Å²) in [7, 11) is 0.486. The van der Waals surface area contributed by atoms with Crippen molar-refractivity contribution in [3.63, 3.8) is 0 Å². The average molecular weight is 523 g/mol. The van der Waals surface area contributed by atoms with Crippen molar-refractivity contribution in [1.82, 2.24) is 5.32 Å². The third kappa shape index (κ3) is 5.72. The number of fused-ring (bicyclic) bond motifs is 1. The molecule has 0 radical (unpaired) electrons. The van der Waals surface area contributed by atoms with E-state index in [9.17, 15) is 13.2 Å². The number of hydrogen-bond acceptors (Lipinski definition) is 7.